The Morgan fingerprint density at radius 3 is 2.17 bits per heavy atom. The molecule has 0 saturated heterocycles. The average Bonchev–Trinajstić information content (AvgIpc) is 2.65. The van der Waals surface area contributed by atoms with Crippen LogP contribution in [-0.2, 0) is 5.41 Å². The van der Waals surface area contributed by atoms with Gasteiger partial charge in [0.05, 0.1) is 16.8 Å². The van der Waals surface area contributed by atoms with Gasteiger partial charge in [0.25, 0.3) is 11.8 Å². The number of primary amides is 1. The van der Waals surface area contributed by atoms with Gasteiger partial charge >= 0.3 is 5.97 Å². The molecular weight excluding hydrogens is 392 g/mol. The molecule has 2 aromatic carbocycles. The topological polar surface area (TPSA) is 134 Å². The van der Waals surface area contributed by atoms with E-state index in [0.29, 0.717) is 5.56 Å². The molecule has 8 nitrogen and oxygen atoms in total. The van der Waals surface area contributed by atoms with Crippen LogP contribution < -0.4 is 11.1 Å². The summed E-state index contributed by atoms with van der Waals surface area (Å²) in [4.78, 5) is 36.0. The summed E-state index contributed by atoms with van der Waals surface area (Å²) in [5.74, 6) is -2.64. The van der Waals surface area contributed by atoms with Gasteiger partial charge in [-0.15, -0.1) is 9.63 Å². The summed E-state index contributed by atoms with van der Waals surface area (Å²) in [6.07, 6.45) is 1.66. The molecular formula is C20H22N4O4S. The molecule has 2 amide bonds. The van der Waals surface area contributed by atoms with E-state index in [2.05, 4.69) is 35.7 Å². The molecule has 0 radical (unpaired) electrons. The Labute approximate surface area is 172 Å². The van der Waals surface area contributed by atoms with Gasteiger partial charge in [-0.05, 0) is 47.2 Å². The molecule has 29 heavy (non-hydrogen) atoms. The molecule has 0 unspecified atom stereocenters. The second kappa shape index (κ2) is 8.87. The van der Waals surface area contributed by atoms with Crippen LogP contribution in [0.4, 0.5) is 11.4 Å². The Hall–Kier alpha value is -3.20. The minimum absolute atomic E-state index is 0.00442. The molecule has 152 valence electrons. The number of hydrogen-bond acceptors (Lipinski definition) is 6. The van der Waals surface area contributed by atoms with Gasteiger partial charge in [0.2, 0.25) is 0 Å². The third-order valence-corrected chi connectivity index (χ3v) is 4.37. The lowest BCUT2D eigenvalue weighted by molar-refractivity contribution is 0.0697. The van der Waals surface area contributed by atoms with E-state index in [1.165, 1.54) is 6.07 Å². The van der Waals surface area contributed by atoms with Crippen molar-refractivity contribution in [2.75, 3.05) is 11.6 Å². The van der Waals surface area contributed by atoms with Crippen molar-refractivity contribution < 1.29 is 19.5 Å². The number of carboxylic acid groups (broad SMARTS) is 1. The number of carboxylic acids is 1. The first-order chi connectivity index (χ1) is 13.5. The zero-order valence-electron chi connectivity index (χ0n) is 16.5. The van der Waals surface area contributed by atoms with Crippen molar-refractivity contribution in [1.29, 1.82) is 0 Å². The number of rotatable bonds is 6. The fraction of sp³-hybridized carbons (Fsp3) is 0.250. The summed E-state index contributed by atoms with van der Waals surface area (Å²) in [6.45, 7) is 6.20. The van der Waals surface area contributed by atoms with Gasteiger partial charge in [-0.1, -0.05) is 32.9 Å². The molecule has 2 rings (SSSR count). The number of carbonyl (C=O) groups is 3. The van der Waals surface area contributed by atoms with Crippen LogP contribution in [0.5, 0.6) is 0 Å². The molecule has 0 aliphatic carbocycles. The smallest absolute Gasteiger partial charge is 0.337 e. The number of nitrogens with one attached hydrogen (secondary N) is 1. The number of nitrogens with two attached hydrogens (primary N) is 1. The van der Waals surface area contributed by atoms with Gasteiger partial charge < -0.3 is 16.2 Å². The van der Waals surface area contributed by atoms with Gasteiger partial charge in [0, 0.05) is 11.8 Å². The number of anilines is 1. The van der Waals surface area contributed by atoms with Crippen molar-refractivity contribution in [1.82, 2.24) is 0 Å². The molecule has 0 aliphatic heterocycles. The number of carbonyl (C=O) groups excluding carboxylic acids is 2. The third kappa shape index (κ3) is 5.41. The Morgan fingerprint density at radius 2 is 1.69 bits per heavy atom. The highest BCUT2D eigenvalue weighted by Crippen LogP contribution is 2.30. The summed E-state index contributed by atoms with van der Waals surface area (Å²) < 4.78 is 3.72. The lowest BCUT2D eigenvalue weighted by atomic mass is 9.86. The summed E-state index contributed by atoms with van der Waals surface area (Å²) in [5.41, 5.74) is 6.44. The predicted octanol–water partition coefficient (Wildman–Crippen LogP) is 4.40. The lowest BCUT2D eigenvalue weighted by Crippen LogP contribution is -2.19. The SMILES string of the molecule is CS/N=N/c1cc(NC(=O)c2ccc(C(C)(C)C)cc2)c(C(N)=O)cc1C(=O)O. The fourth-order valence-electron chi connectivity index (χ4n) is 2.55. The Morgan fingerprint density at radius 1 is 1.07 bits per heavy atom. The number of benzene rings is 2. The molecule has 0 saturated carbocycles. The molecule has 0 spiro atoms. The Kier molecular flexibility index (Phi) is 6.76. The van der Waals surface area contributed by atoms with Crippen LogP contribution in [-0.4, -0.2) is 29.1 Å². The van der Waals surface area contributed by atoms with Crippen LogP contribution >= 0.6 is 11.9 Å². The zero-order chi connectivity index (χ0) is 21.8. The second-order valence-corrected chi connectivity index (χ2v) is 7.76. The molecule has 0 fully saturated rings. The number of aromatic carboxylic acids is 1. The highest BCUT2D eigenvalue weighted by Gasteiger charge is 2.20. The average molecular weight is 414 g/mol. The summed E-state index contributed by atoms with van der Waals surface area (Å²) in [6, 6.07) is 9.42. The number of amides is 2. The van der Waals surface area contributed by atoms with Gasteiger partial charge in [0.15, 0.2) is 0 Å². The maximum atomic E-state index is 12.7. The molecule has 2 aromatic rings. The quantitative estimate of drug-likeness (QED) is 0.476. The zero-order valence-corrected chi connectivity index (χ0v) is 17.3. The Bertz CT molecular complexity index is 979. The first kappa shape index (κ1) is 22.1. The maximum absolute atomic E-state index is 12.7. The standard InChI is InChI=1S/C20H22N4O4S/c1-20(2,3)12-7-5-11(6-8-12)18(26)22-15-10-16(23-24-29-4)14(19(27)28)9-13(15)17(21)25/h5-10H,1-4H3,(H2,21,25)(H,22,26)(H,27,28)/b24-23+. The molecule has 0 aromatic heterocycles. The van der Waals surface area contributed by atoms with Crippen molar-refractivity contribution in [2.24, 2.45) is 15.4 Å². The fourth-order valence-corrected chi connectivity index (χ4v) is 2.72. The van der Waals surface area contributed by atoms with Crippen LogP contribution in [0.2, 0.25) is 0 Å². The summed E-state index contributed by atoms with van der Waals surface area (Å²) in [5, 5.41) is 15.8. The van der Waals surface area contributed by atoms with Crippen LogP contribution in [0.15, 0.2) is 46.0 Å². The van der Waals surface area contributed by atoms with E-state index < -0.39 is 17.8 Å². The third-order valence-electron chi connectivity index (χ3n) is 4.12. The van der Waals surface area contributed by atoms with E-state index in [9.17, 15) is 19.5 Å². The highest BCUT2D eigenvalue weighted by molar-refractivity contribution is 7.97. The lowest BCUT2D eigenvalue weighted by Gasteiger charge is -2.19. The van der Waals surface area contributed by atoms with Crippen LogP contribution in [0.3, 0.4) is 0 Å². The van der Waals surface area contributed by atoms with Gasteiger partial charge in [-0.25, -0.2) is 4.79 Å². The van der Waals surface area contributed by atoms with Crippen molar-refractivity contribution in [3.05, 3.63) is 58.7 Å². The van der Waals surface area contributed by atoms with Crippen molar-refractivity contribution in [3.63, 3.8) is 0 Å². The Balaban J connectivity index is 2.44. The molecule has 9 heteroatoms. The van der Waals surface area contributed by atoms with Crippen molar-refractivity contribution in [3.8, 4) is 0 Å². The van der Waals surface area contributed by atoms with Gasteiger partial charge in [-0.3, -0.25) is 9.59 Å². The van der Waals surface area contributed by atoms with Crippen molar-refractivity contribution in [2.45, 2.75) is 26.2 Å². The molecule has 4 N–H and O–H groups in total. The van der Waals surface area contributed by atoms with Crippen LogP contribution in [0.1, 0.15) is 57.4 Å². The van der Waals surface area contributed by atoms with E-state index in [4.69, 9.17) is 5.73 Å². The van der Waals surface area contributed by atoms with Gasteiger partial charge in [-0.2, -0.15) is 0 Å². The minimum atomic E-state index is -1.29. The molecule has 0 aliphatic rings. The number of nitrogens with zero attached hydrogens (tertiary/aromatic N) is 2. The van der Waals surface area contributed by atoms with E-state index in [0.717, 1.165) is 23.6 Å². The normalized spacial score (nSPS) is 11.4. The van der Waals surface area contributed by atoms with Crippen molar-refractivity contribution >= 4 is 41.1 Å². The van der Waals surface area contributed by atoms with Crippen LogP contribution in [0, 0.1) is 0 Å². The van der Waals surface area contributed by atoms with Gasteiger partial charge in [0.1, 0.15) is 5.69 Å². The van der Waals surface area contributed by atoms with E-state index in [1.54, 1.807) is 18.4 Å². The van der Waals surface area contributed by atoms with E-state index in [-0.39, 0.29) is 27.9 Å². The van der Waals surface area contributed by atoms with E-state index in [1.807, 2.05) is 12.1 Å². The summed E-state index contributed by atoms with van der Waals surface area (Å²) in [7, 11) is 0. The molecule has 0 atom stereocenters. The number of hydrogen-bond donors (Lipinski definition) is 3. The second-order valence-electron chi connectivity index (χ2n) is 7.23. The molecule has 0 heterocycles. The molecule has 0 bridgehead atoms. The van der Waals surface area contributed by atoms with Crippen LogP contribution in [0.25, 0.3) is 0 Å². The minimum Gasteiger partial charge on any atom is -0.478 e. The van der Waals surface area contributed by atoms with E-state index >= 15 is 0 Å². The first-order valence-corrected chi connectivity index (χ1v) is 9.80. The highest BCUT2D eigenvalue weighted by atomic mass is 32.2. The summed E-state index contributed by atoms with van der Waals surface area (Å²) >= 11 is 1.03. The maximum Gasteiger partial charge on any atom is 0.337 e. The first-order valence-electron chi connectivity index (χ1n) is 8.62. The largest absolute Gasteiger partial charge is 0.478 e. The predicted molar refractivity (Wildman–Crippen MR) is 113 cm³/mol. The monoisotopic (exact) mass is 414 g/mol.